The maximum absolute atomic E-state index is 13.4. The predicted octanol–water partition coefficient (Wildman–Crippen LogP) is 19.8. The molecular formula is C88H155NO13. The largest absolute Gasteiger partial charge is 0.394 e. The van der Waals surface area contributed by atoms with Gasteiger partial charge in [-0.25, -0.2) is 0 Å². The van der Waals surface area contributed by atoms with Crippen molar-refractivity contribution in [2.75, 3.05) is 19.8 Å². The Bertz CT molecular complexity index is 2140. The van der Waals surface area contributed by atoms with E-state index in [1.807, 2.05) is 6.08 Å². The molecule has 2 rings (SSSR count). The third-order valence-corrected chi connectivity index (χ3v) is 19.9. The van der Waals surface area contributed by atoms with Crippen LogP contribution >= 0.6 is 0 Å². The van der Waals surface area contributed by atoms with E-state index in [4.69, 9.17) is 18.9 Å². The highest BCUT2D eigenvalue weighted by Gasteiger charge is 2.51. The Balaban J connectivity index is 1.62. The van der Waals surface area contributed by atoms with Crippen molar-refractivity contribution in [1.82, 2.24) is 5.32 Å². The van der Waals surface area contributed by atoms with Gasteiger partial charge in [-0.05, 0) is 89.9 Å². The number of nitrogens with one attached hydrogen (secondary N) is 1. The van der Waals surface area contributed by atoms with Crippen molar-refractivity contribution < 1.29 is 64.6 Å². The van der Waals surface area contributed by atoms with Crippen LogP contribution in [0, 0.1) is 0 Å². The second kappa shape index (κ2) is 70.6. The second-order valence-corrected chi connectivity index (χ2v) is 29.2. The van der Waals surface area contributed by atoms with Gasteiger partial charge in [0, 0.05) is 6.42 Å². The van der Waals surface area contributed by atoms with Gasteiger partial charge in [0.15, 0.2) is 12.6 Å². The van der Waals surface area contributed by atoms with Crippen LogP contribution in [0.15, 0.2) is 109 Å². The number of aliphatic hydroxyl groups is 8. The zero-order valence-corrected chi connectivity index (χ0v) is 64.8. The lowest BCUT2D eigenvalue weighted by Crippen LogP contribution is -2.65. The molecule has 2 heterocycles. The van der Waals surface area contributed by atoms with Gasteiger partial charge in [-0.1, -0.05) is 361 Å². The van der Waals surface area contributed by atoms with Crippen LogP contribution in [-0.4, -0.2) is 140 Å². The number of carbonyl (C=O) groups excluding carboxylic acids is 1. The van der Waals surface area contributed by atoms with E-state index < -0.39 is 86.8 Å². The lowest BCUT2D eigenvalue weighted by Gasteiger charge is -2.46. The van der Waals surface area contributed by atoms with Gasteiger partial charge in [0.25, 0.3) is 0 Å². The Kier molecular flexibility index (Phi) is 65.6. The van der Waals surface area contributed by atoms with Crippen molar-refractivity contribution in [3.63, 3.8) is 0 Å². The van der Waals surface area contributed by atoms with Crippen molar-refractivity contribution in [3.05, 3.63) is 109 Å². The highest BCUT2D eigenvalue weighted by molar-refractivity contribution is 5.76. The van der Waals surface area contributed by atoms with Crippen molar-refractivity contribution in [2.45, 2.75) is 421 Å². The van der Waals surface area contributed by atoms with Crippen LogP contribution in [0.25, 0.3) is 0 Å². The van der Waals surface area contributed by atoms with Crippen molar-refractivity contribution in [3.8, 4) is 0 Å². The fraction of sp³-hybridized carbons (Fsp3) is 0.784. The lowest BCUT2D eigenvalue weighted by molar-refractivity contribution is -0.359. The van der Waals surface area contributed by atoms with Gasteiger partial charge in [0.05, 0.1) is 32.0 Å². The summed E-state index contributed by atoms with van der Waals surface area (Å²) in [6.45, 7) is 2.71. The summed E-state index contributed by atoms with van der Waals surface area (Å²) in [4.78, 5) is 13.4. The van der Waals surface area contributed by atoms with Crippen LogP contribution in [0.4, 0.5) is 0 Å². The molecule has 12 atom stereocenters. The first-order valence-corrected chi connectivity index (χ1v) is 42.1. The molecule has 2 aliphatic heterocycles. The summed E-state index contributed by atoms with van der Waals surface area (Å²) < 4.78 is 22.9. The summed E-state index contributed by atoms with van der Waals surface area (Å²) in [6, 6.07) is -0.941. The highest BCUT2D eigenvalue weighted by atomic mass is 16.7. The fourth-order valence-corrected chi connectivity index (χ4v) is 13.4. The topological polar surface area (TPSA) is 228 Å². The van der Waals surface area contributed by atoms with Gasteiger partial charge in [-0.2, -0.15) is 0 Å². The predicted molar refractivity (Wildman–Crippen MR) is 424 cm³/mol. The maximum atomic E-state index is 13.4. The van der Waals surface area contributed by atoms with E-state index >= 15 is 0 Å². The number of aliphatic hydroxyl groups excluding tert-OH is 8. The molecule has 2 saturated heterocycles. The Morgan fingerprint density at radius 3 is 1.08 bits per heavy atom. The molecule has 0 bridgehead atoms. The Labute approximate surface area is 623 Å². The number of unbranched alkanes of at least 4 members (excludes halogenated alkanes) is 41. The van der Waals surface area contributed by atoms with Gasteiger partial charge in [0.2, 0.25) is 5.91 Å². The molecule has 14 nitrogen and oxygen atoms in total. The van der Waals surface area contributed by atoms with E-state index in [1.54, 1.807) is 6.08 Å². The Morgan fingerprint density at radius 2 is 0.686 bits per heavy atom. The average Bonchev–Trinajstić information content (AvgIpc) is 0.790. The summed E-state index contributed by atoms with van der Waals surface area (Å²) in [7, 11) is 0. The zero-order valence-electron chi connectivity index (χ0n) is 64.8. The molecule has 12 unspecified atom stereocenters. The minimum absolute atomic E-state index is 0.250. The standard InChI is InChI=1S/C88H155NO13/c1-3-5-7-9-11-13-15-17-19-21-23-25-27-29-31-33-35-37-38-40-42-44-46-48-50-52-54-56-58-60-62-64-66-68-70-72-80(93)89-76(75-99-87-85(98)83(96)86(79(74-91)101-87)102-88-84(97)82(95)81(94)78(73-90)100-88)77(92)71-69-67-65-63-61-59-57-55-53-51-49-47-45-43-41-39-36-34-32-30-28-26-24-22-20-18-16-14-12-10-8-6-4-2/h5,7,11,13,17,19,23,25,29,31,35,37,40,42,61,63,69,71,76-79,81-88,90-92,94-98H,3-4,6,8-10,12,14-16,18,20-22,24,26-28,30,32-34,36,38-39,41,43-60,62,64-68,70,72-75H2,1-2H3,(H,89,93)/b7-5-,13-11-,19-17-,25-23-,31-29-,37-35-,42-40-,63-61+,71-69+. The van der Waals surface area contributed by atoms with Gasteiger partial charge in [0.1, 0.15) is 48.8 Å². The quantitative estimate of drug-likeness (QED) is 0.0204. The molecular weight excluding hydrogens is 1280 g/mol. The molecule has 0 aromatic carbocycles. The SMILES string of the molecule is CC/C=C\C/C=C\C/C=C\C/C=C\C/C=C\C/C=C\C/C=C\CCCCCCCCCCCCCCCC(=O)NC(COC1OC(CO)C(OC2OC(CO)C(O)C(O)C2O)C(O)C1O)C(O)/C=C/CC/C=C/CCCCCCCCCCCCCCCCCCCCCCCCCCCCC. The van der Waals surface area contributed by atoms with E-state index in [0.29, 0.717) is 12.8 Å². The number of hydrogen-bond donors (Lipinski definition) is 9. The number of allylic oxidation sites excluding steroid dienone is 17. The van der Waals surface area contributed by atoms with Crippen LogP contribution in [-0.2, 0) is 23.7 Å². The average molecular weight is 1440 g/mol. The van der Waals surface area contributed by atoms with Crippen molar-refractivity contribution >= 4 is 5.91 Å². The van der Waals surface area contributed by atoms with Crippen LogP contribution in [0.5, 0.6) is 0 Å². The first kappa shape index (κ1) is 94.7. The number of carbonyl (C=O) groups is 1. The maximum Gasteiger partial charge on any atom is 0.220 e. The summed E-state index contributed by atoms with van der Waals surface area (Å²) in [5.41, 5.74) is 0. The summed E-state index contributed by atoms with van der Waals surface area (Å²) in [6.07, 6.45) is 86.1. The van der Waals surface area contributed by atoms with Crippen LogP contribution in [0.2, 0.25) is 0 Å². The molecule has 0 aliphatic carbocycles. The van der Waals surface area contributed by atoms with Crippen LogP contribution in [0.1, 0.15) is 348 Å². The fourth-order valence-electron chi connectivity index (χ4n) is 13.4. The Morgan fingerprint density at radius 1 is 0.363 bits per heavy atom. The smallest absolute Gasteiger partial charge is 0.220 e. The van der Waals surface area contributed by atoms with E-state index in [1.165, 1.54) is 231 Å². The van der Waals surface area contributed by atoms with Crippen molar-refractivity contribution in [1.29, 1.82) is 0 Å². The van der Waals surface area contributed by atoms with E-state index in [0.717, 1.165) is 83.5 Å². The van der Waals surface area contributed by atoms with Crippen LogP contribution < -0.4 is 5.32 Å². The molecule has 590 valence electrons. The van der Waals surface area contributed by atoms with E-state index in [2.05, 4.69) is 116 Å². The number of rotatable bonds is 70. The molecule has 9 N–H and O–H groups in total. The third-order valence-electron chi connectivity index (χ3n) is 19.9. The highest BCUT2D eigenvalue weighted by Crippen LogP contribution is 2.30. The molecule has 0 aromatic heterocycles. The van der Waals surface area contributed by atoms with Gasteiger partial charge < -0.3 is 65.1 Å². The van der Waals surface area contributed by atoms with Crippen molar-refractivity contribution in [2.24, 2.45) is 0 Å². The third kappa shape index (κ3) is 52.6. The number of ether oxygens (including phenoxy) is 4. The summed E-state index contributed by atoms with van der Waals surface area (Å²) in [5.74, 6) is -0.250. The minimum atomic E-state index is -1.80. The number of amides is 1. The first-order chi connectivity index (χ1) is 50.1. The monoisotopic (exact) mass is 1430 g/mol. The molecule has 2 aliphatic rings. The van der Waals surface area contributed by atoms with Gasteiger partial charge >= 0.3 is 0 Å². The molecule has 0 saturated carbocycles. The molecule has 2 fully saturated rings. The molecule has 0 radical (unpaired) electrons. The van der Waals surface area contributed by atoms with E-state index in [-0.39, 0.29) is 18.9 Å². The number of hydrogen-bond acceptors (Lipinski definition) is 13. The molecule has 14 heteroatoms. The van der Waals surface area contributed by atoms with Crippen LogP contribution in [0.3, 0.4) is 0 Å². The lowest BCUT2D eigenvalue weighted by atomic mass is 9.97. The molecule has 1 amide bonds. The molecule has 0 aromatic rings. The van der Waals surface area contributed by atoms with Gasteiger partial charge in [-0.15, -0.1) is 0 Å². The molecule has 0 spiro atoms. The summed E-state index contributed by atoms with van der Waals surface area (Å²) in [5, 5.41) is 87.7. The first-order valence-electron chi connectivity index (χ1n) is 42.1. The molecule has 102 heavy (non-hydrogen) atoms. The second-order valence-electron chi connectivity index (χ2n) is 29.2. The minimum Gasteiger partial charge on any atom is -0.394 e. The zero-order chi connectivity index (χ0) is 73.7. The summed E-state index contributed by atoms with van der Waals surface area (Å²) >= 11 is 0. The normalized spacial score (nSPS) is 22.2. The van der Waals surface area contributed by atoms with Gasteiger partial charge in [-0.3, -0.25) is 4.79 Å². The van der Waals surface area contributed by atoms with E-state index in [9.17, 15) is 45.6 Å². The Hall–Kier alpha value is -3.35.